The SMILES string of the molecule is COC(=O)c1cc(Cl)c2ccsc2c1. The predicted octanol–water partition coefficient (Wildman–Crippen LogP) is 3.34. The second-order valence-electron chi connectivity index (χ2n) is 2.78. The lowest BCUT2D eigenvalue weighted by molar-refractivity contribution is 0.0601. The Morgan fingerprint density at radius 2 is 2.29 bits per heavy atom. The van der Waals surface area contributed by atoms with Gasteiger partial charge < -0.3 is 4.74 Å². The van der Waals surface area contributed by atoms with Crippen molar-refractivity contribution in [3.8, 4) is 0 Å². The highest BCUT2D eigenvalue weighted by Crippen LogP contribution is 2.29. The van der Waals surface area contributed by atoms with Crippen molar-refractivity contribution < 1.29 is 9.53 Å². The molecule has 1 aromatic carbocycles. The number of fused-ring (bicyclic) bond motifs is 1. The van der Waals surface area contributed by atoms with Crippen LogP contribution in [0.3, 0.4) is 0 Å². The highest BCUT2D eigenvalue weighted by atomic mass is 35.5. The molecule has 0 N–H and O–H groups in total. The standard InChI is InChI=1S/C10H7ClO2S/c1-13-10(12)6-4-8(11)7-2-3-14-9(7)5-6/h2-5H,1H3. The van der Waals surface area contributed by atoms with Crippen LogP contribution in [0.5, 0.6) is 0 Å². The second kappa shape index (κ2) is 3.59. The van der Waals surface area contributed by atoms with Gasteiger partial charge in [-0.15, -0.1) is 11.3 Å². The summed E-state index contributed by atoms with van der Waals surface area (Å²) in [4.78, 5) is 11.3. The zero-order valence-electron chi connectivity index (χ0n) is 7.41. The van der Waals surface area contributed by atoms with Crippen molar-refractivity contribution >= 4 is 39.0 Å². The van der Waals surface area contributed by atoms with E-state index in [2.05, 4.69) is 4.74 Å². The van der Waals surface area contributed by atoms with Gasteiger partial charge in [0, 0.05) is 10.1 Å². The molecule has 0 aliphatic heterocycles. The average molecular weight is 227 g/mol. The first kappa shape index (κ1) is 9.49. The smallest absolute Gasteiger partial charge is 0.337 e. The van der Waals surface area contributed by atoms with Crippen LogP contribution in [0.4, 0.5) is 0 Å². The van der Waals surface area contributed by atoms with Gasteiger partial charge in [0.2, 0.25) is 0 Å². The van der Waals surface area contributed by atoms with Gasteiger partial charge in [-0.3, -0.25) is 0 Å². The number of thiophene rings is 1. The van der Waals surface area contributed by atoms with E-state index < -0.39 is 0 Å². The van der Waals surface area contributed by atoms with Gasteiger partial charge >= 0.3 is 5.97 Å². The van der Waals surface area contributed by atoms with Gasteiger partial charge in [0.05, 0.1) is 17.7 Å². The minimum absolute atomic E-state index is 0.359. The Bertz CT molecular complexity index is 490. The summed E-state index contributed by atoms with van der Waals surface area (Å²) in [5.74, 6) is -0.359. The summed E-state index contributed by atoms with van der Waals surface area (Å²) in [6, 6.07) is 5.35. The Morgan fingerprint density at radius 1 is 1.50 bits per heavy atom. The summed E-state index contributed by atoms with van der Waals surface area (Å²) in [6.45, 7) is 0. The predicted molar refractivity (Wildman–Crippen MR) is 58.2 cm³/mol. The van der Waals surface area contributed by atoms with E-state index in [-0.39, 0.29) is 5.97 Å². The Balaban J connectivity index is 2.64. The number of hydrogen-bond acceptors (Lipinski definition) is 3. The van der Waals surface area contributed by atoms with Crippen molar-refractivity contribution in [2.45, 2.75) is 0 Å². The fraction of sp³-hybridized carbons (Fsp3) is 0.100. The molecule has 72 valence electrons. The minimum Gasteiger partial charge on any atom is -0.465 e. The number of carbonyl (C=O) groups excluding carboxylic acids is 1. The first-order valence-corrected chi connectivity index (χ1v) is 5.23. The number of benzene rings is 1. The zero-order chi connectivity index (χ0) is 10.1. The number of carbonyl (C=O) groups is 1. The molecular formula is C10H7ClO2S. The Hall–Kier alpha value is -1.06. The third-order valence-corrected chi connectivity index (χ3v) is 3.12. The topological polar surface area (TPSA) is 26.3 Å². The van der Waals surface area contributed by atoms with Gasteiger partial charge in [0.25, 0.3) is 0 Å². The van der Waals surface area contributed by atoms with E-state index in [0.29, 0.717) is 10.6 Å². The molecule has 14 heavy (non-hydrogen) atoms. The first-order chi connectivity index (χ1) is 6.72. The van der Waals surface area contributed by atoms with E-state index >= 15 is 0 Å². The van der Waals surface area contributed by atoms with Crippen LogP contribution in [0, 0.1) is 0 Å². The van der Waals surface area contributed by atoms with E-state index in [1.807, 2.05) is 11.4 Å². The van der Waals surface area contributed by atoms with E-state index in [1.165, 1.54) is 7.11 Å². The van der Waals surface area contributed by atoms with Gasteiger partial charge in [0.15, 0.2) is 0 Å². The van der Waals surface area contributed by atoms with E-state index in [9.17, 15) is 4.79 Å². The van der Waals surface area contributed by atoms with Gasteiger partial charge in [-0.1, -0.05) is 11.6 Å². The molecule has 0 unspecified atom stereocenters. The second-order valence-corrected chi connectivity index (χ2v) is 4.14. The molecule has 0 atom stereocenters. The van der Waals surface area contributed by atoms with Crippen LogP contribution in [-0.4, -0.2) is 13.1 Å². The maximum atomic E-state index is 11.3. The molecule has 0 amide bonds. The Labute approximate surface area is 90.1 Å². The summed E-state index contributed by atoms with van der Waals surface area (Å²) in [7, 11) is 1.36. The summed E-state index contributed by atoms with van der Waals surface area (Å²) in [5, 5.41) is 3.51. The fourth-order valence-electron chi connectivity index (χ4n) is 1.26. The van der Waals surface area contributed by atoms with Crippen LogP contribution in [0.15, 0.2) is 23.6 Å². The molecular weight excluding hydrogens is 220 g/mol. The molecule has 0 spiro atoms. The van der Waals surface area contributed by atoms with Gasteiger partial charge in [0.1, 0.15) is 0 Å². The molecule has 0 saturated carbocycles. The number of rotatable bonds is 1. The molecule has 0 fully saturated rings. The van der Waals surface area contributed by atoms with Crippen LogP contribution in [-0.2, 0) is 4.74 Å². The minimum atomic E-state index is -0.359. The van der Waals surface area contributed by atoms with Gasteiger partial charge in [-0.25, -0.2) is 4.79 Å². The molecule has 4 heteroatoms. The van der Waals surface area contributed by atoms with Crippen LogP contribution in [0.1, 0.15) is 10.4 Å². The number of hydrogen-bond donors (Lipinski definition) is 0. The average Bonchev–Trinajstić information content (AvgIpc) is 2.64. The lowest BCUT2D eigenvalue weighted by Gasteiger charge is -2.00. The molecule has 1 heterocycles. The van der Waals surface area contributed by atoms with Crippen molar-refractivity contribution in [1.29, 1.82) is 0 Å². The molecule has 2 nitrogen and oxygen atoms in total. The molecule has 0 bridgehead atoms. The van der Waals surface area contributed by atoms with Gasteiger partial charge in [-0.05, 0) is 23.6 Å². The summed E-state index contributed by atoms with van der Waals surface area (Å²) >= 11 is 7.55. The molecule has 0 aliphatic rings. The van der Waals surface area contributed by atoms with E-state index in [1.54, 1.807) is 23.5 Å². The normalized spacial score (nSPS) is 10.4. The molecule has 1 aromatic heterocycles. The van der Waals surface area contributed by atoms with E-state index in [4.69, 9.17) is 11.6 Å². The number of methoxy groups -OCH3 is 1. The molecule has 2 aromatic rings. The lowest BCUT2D eigenvalue weighted by atomic mass is 10.2. The zero-order valence-corrected chi connectivity index (χ0v) is 8.98. The monoisotopic (exact) mass is 226 g/mol. The fourth-order valence-corrected chi connectivity index (χ4v) is 2.45. The quantitative estimate of drug-likeness (QED) is 0.698. The molecule has 0 saturated heterocycles. The maximum Gasteiger partial charge on any atom is 0.337 e. The first-order valence-electron chi connectivity index (χ1n) is 3.97. The number of halogens is 1. The van der Waals surface area contributed by atoms with Crippen molar-refractivity contribution in [3.05, 3.63) is 34.2 Å². The van der Waals surface area contributed by atoms with Crippen molar-refractivity contribution in [3.63, 3.8) is 0 Å². The van der Waals surface area contributed by atoms with Crippen LogP contribution < -0.4 is 0 Å². The van der Waals surface area contributed by atoms with Crippen LogP contribution >= 0.6 is 22.9 Å². The molecule has 0 aliphatic carbocycles. The molecule has 2 rings (SSSR count). The summed E-state index contributed by atoms with van der Waals surface area (Å²) < 4.78 is 5.62. The number of esters is 1. The van der Waals surface area contributed by atoms with Crippen LogP contribution in [0.25, 0.3) is 10.1 Å². The third-order valence-electron chi connectivity index (χ3n) is 1.94. The Morgan fingerprint density at radius 3 is 3.00 bits per heavy atom. The number of ether oxygens (including phenoxy) is 1. The Kier molecular flexibility index (Phi) is 2.44. The molecule has 0 radical (unpaired) electrons. The largest absolute Gasteiger partial charge is 0.465 e. The van der Waals surface area contributed by atoms with Crippen molar-refractivity contribution in [1.82, 2.24) is 0 Å². The lowest BCUT2D eigenvalue weighted by Crippen LogP contribution is -2.00. The highest BCUT2D eigenvalue weighted by molar-refractivity contribution is 7.17. The van der Waals surface area contributed by atoms with E-state index in [0.717, 1.165) is 10.1 Å². The van der Waals surface area contributed by atoms with Crippen molar-refractivity contribution in [2.75, 3.05) is 7.11 Å². The maximum absolute atomic E-state index is 11.3. The van der Waals surface area contributed by atoms with Crippen LogP contribution in [0.2, 0.25) is 5.02 Å². The highest BCUT2D eigenvalue weighted by Gasteiger charge is 2.09. The summed E-state index contributed by atoms with van der Waals surface area (Å²) in [6.07, 6.45) is 0. The third kappa shape index (κ3) is 1.49. The summed E-state index contributed by atoms with van der Waals surface area (Å²) in [5.41, 5.74) is 0.493. The van der Waals surface area contributed by atoms with Gasteiger partial charge in [-0.2, -0.15) is 0 Å². The van der Waals surface area contributed by atoms with Crippen molar-refractivity contribution in [2.24, 2.45) is 0 Å².